The molecule has 0 aliphatic rings. The van der Waals surface area contributed by atoms with Crippen LogP contribution in [0.4, 0.5) is 0 Å². The van der Waals surface area contributed by atoms with E-state index >= 15 is 0 Å². The van der Waals surface area contributed by atoms with Gasteiger partial charge in [-0.15, -0.1) is 0 Å². The standard InChI is InChI=1S/C13H18ClN2O4/c1-15(2)9-13(12-7-5-4-6-8-12)10-16(3)11-20-14(17,18)19/h4-10H,11H2,1-3H3/q+1. The number of rotatable bonds is 6. The Hall–Kier alpha value is -1.44. The summed E-state index contributed by atoms with van der Waals surface area (Å²) in [5.41, 5.74) is 1.83. The summed E-state index contributed by atoms with van der Waals surface area (Å²) in [6.07, 6.45) is 3.59. The van der Waals surface area contributed by atoms with E-state index in [0.29, 0.717) is 0 Å². The number of hydrogen-bond donors (Lipinski definition) is 0. The van der Waals surface area contributed by atoms with E-state index in [-0.39, 0.29) is 6.73 Å². The molecule has 1 aromatic rings. The van der Waals surface area contributed by atoms with E-state index in [1.54, 1.807) is 13.2 Å². The maximum Gasteiger partial charge on any atom is 0.276 e. The molecule has 0 aromatic heterocycles. The van der Waals surface area contributed by atoms with Crippen LogP contribution in [0.3, 0.4) is 0 Å². The summed E-state index contributed by atoms with van der Waals surface area (Å²) < 4.78 is 37.2. The maximum atomic E-state index is 10.4. The molecule has 0 saturated carbocycles. The van der Waals surface area contributed by atoms with Crippen LogP contribution < -0.4 is 14.0 Å². The lowest BCUT2D eigenvalue weighted by Crippen LogP contribution is -2.61. The Morgan fingerprint density at radius 2 is 1.85 bits per heavy atom. The van der Waals surface area contributed by atoms with Crippen molar-refractivity contribution in [3.05, 3.63) is 42.1 Å². The fourth-order valence-electron chi connectivity index (χ4n) is 1.50. The molecule has 0 aliphatic carbocycles. The van der Waals surface area contributed by atoms with E-state index in [4.69, 9.17) is 0 Å². The molecular formula is C13H18ClN2O4+. The third kappa shape index (κ3) is 6.65. The zero-order valence-corrected chi connectivity index (χ0v) is 12.4. The van der Waals surface area contributed by atoms with Crippen molar-refractivity contribution in [2.45, 2.75) is 0 Å². The van der Waals surface area contributed by atoms with Gasteiger partial charge in [-0.25, -0.2) is 4.58 Å². The van der Waals surface area contributed by atoms with Crippen LogP contribution in [0.5, 0.6) is 0 Å². The molecule has 0 spiro atoms. The van der Waals surface area contributed by atoms with Crippen molar-refractivity contribution < 1.29 is 33.1 Å². The van der Waals surface area contributed by atoms with Crippen molar-refractivity contribution in [1.82, 2.24) is 4.90 Å². The molecule has 6 nitrogen and oxygen atoms in total. The maximum absolute atomic E-state index is 10.4. The Labute approximate surface area is 120 Å². The second-order valence-corrected chi connectivity index (χ2v) is 5.39. The molecule has 1 rings (SSSR count). The van der Waals surface area contributed by atoms with E-state index in [0.717, 1.165) is 11.1 Å². The second-order valence-electron chi connectivity index (χ2n) is 4.42. The van der Waals surface area contributed by atoms with E-state index in [1.165, 1.54) is 4.90 Å². The number of allylic oxidation sites excluding steroid dienone is 1. The van der Waals surface area contributed by atoms with E-state index in [1.807, 2.05) is 55.2 Å². The van der Waals surface area contributed by atoms with Gasteiger partial charge in [0.15, 0.2) is 6.21 Å². The zero-order valence-electron chi connectivity index (χ0n) is 11.7. The molecule has 0 unspecified atom stereocenters. The molecule has 0 saturated heterocycles. The van der Waals surface area contributed by atoms with Crippen molar-refractivity contribution in [2.24, 2.45) is 0 Å². The summed E-state index contributed by atoms with van der Waals surface area (Å²) in [6, 6.07) is 9.59. The molecule has 20 heavy (non-hydrogen) atoms. The molecular weight excluding hydrogens is 284 g/mol. The van der Waals surface area contributed by atoms with E-state index in [2.05, 4.69) is 4.29 Å². The minimum absolute atomic E-state index is 0.342. The van der Waals surface area contributed by atoms with Crippen molar-refractivity contribution in [1.29, 1.82) is 0 Å². The average Bonchev–Trinajstić information content (AvgIpc) is 2.35. The predicted molar refractivity (Wildman–Crippen MR) is 66.3 cm³/mol. The van der Waals surface area contributed by atoms with Gasteiger partial charge in [0.25, 0.3) is 6.73 Å². The minimum Gasteiger partial charge on any atom is -0.344 e. The summed E-state index contributed by atoms with van der Waals surface area (Å²) in [4.78, 5) is 1.48. The molecule has 1 aromatic carbocycles. The Bertz CT molecular complexity index is 479. The van der Waals surface area contributed by atoms with Crippen LogP contribution in [0.1, 0.15) is 5.56 Å². The summed E-state index contributed by atoms with van der Waals surface area (Å²) >= 11 is 0. The van der Waals surface area contributed by atoms with Gasteiger partial charge >= 0.3 is 0 Å². The van der Waals surface area contributed by atoms with Crippen molar-refractivity contribution >= 4 is 11.8 Å². The van der Waals surface area contributed by atoms with Crippen LogP contribution in [-0.2, 0) is 4.29 Å². The molecule has 110 valence electrons. The Morgan fingerprint density at radius 3 is 2.35 bits per heavy atom. The lowest BCUT2D eigenvalue weighted by Gasteiger charge is -2.16. The number of halogens is 1. The fraction of sp³-hybridized carbons (Fsp3) is 0.308. The fourth-order valence-corrected chi connectivity index (χ4v) is 1.78. The van der Waals surface area contributed by atoms with Crippen LogP contribution >= 0.6 is 0 Å². The predicted octanol–water partition coefficient (Wildman–Crippen LogP) is -1.83. The van der Waals surface area contributed by atoms with Crippen molar-refractivity contribution in [3.8, 4) is 0 Å². The first-order chi connectivity index (χ1) is 9.28. The highest BCUT2D eigenvalue weighted by atomic mass is 35.7. The van der Waals surface area contributed by atoms with E-state index < -0.39 is 10.2 Å². The van der Waals surface area contributed by atoms with Gasteiger partial charge < -0.3 is 4.90 Å². The highest BCUT2D eigenvalue weighted by molar-refractivity contribution is 6.07. The van der Waals surface area contributed by atoms with Crippen molar-refractivity contribution in [2.75, 3.05) is 27.9 Å². The molecule has 0 amide bonds. The first-order valence-corrected chi connectivity index (χ1v) is 7.05. The van der Waals surface area contributed by atoms with Crippen LogP contribution in [0, 0.1) is 10.2 Å². The molecule has 0 radical (unpaired) electrons. The van der Waals surface area contributed by atoms with Gasteiger partial charge in [0.1, 0.15) is 14.1 Å². The van der Waals surface area contributed by atoms with Gasteiger partial charge in [-0.1, -0.05) is 30.3 Å². The van der Waals surface area contributed by atoms with Gasteiger partial charge in [-0.3, -0.25) is 0 Å². The minimum atomic E-state index is -4.41. The highest BCUT2D eigenvalue weighted by Gasteiger charge is 2.18. The third-order valence-corrected chi connectivity index (χ3v) is 2.61. The Balaban J connectivity index is 2.89. The molecule has 0 atom stereocenters. The first-order valence-electron chi connectivity index (χ1n) is 5.82. The van der Waals surface area contributed by atoms with Crippen molar-refractivity contribution in [3.63, 3.8) is 0 Å². The third-order valence-electron chi connectivity index (χ3n) is 2.25. The lowest BCUT2D eigenvalue weighted by atomic mass is 10.1. The van der Waals surface area contributed by atoms with Crippen LogP contribution in [-0.4, -0.2) is 43.6 Å². The smallest absolute Gasteiger partial charge is 0.276 e. The summed E-state index contributed by atoms with van der Waals surface area (Å²) in [5.74, 6) is 0. The van der Waals surface area contributed by atoms with Gasteiger partial charge in [-0.05, 0) is 5.56 Å². The molecule has 0 fully saturated rings. The topological polar surface area (TPSA) is 84.7 Å². The average molecular weight is 302 g/mol. The normalized spacial score (nSPS) is 12.2. The SMILES string of the molecule is CN(/C=C(\C=[N+](C)C)c1ccccc1)CO[Cl+3]([O-])([O-])[O-]. The summed E-state index contributed by atoms with van der Waals surface area (Å²) in [7, 11) is 0.970. The largest absolute Gasteiger partial charge is 0.344 e. The molecule has 0 bridgehead atoms. The molecule has 0 aliphatic heterocycles. The number of benzene rings is 1. The summed E-state index contributed by atoms with van der Waals surface area (Å²) in [5, 5.41) is 0. The molecule has 7 heteroatoms. The van der Waals surface area contributed by atoms with Crippen LogP contribution in [0.25, 0.3) is 5.57 Å². The number of nitrogens with zero attached hydrogens (tertiary/aromatic N) is 2. The van der Waals surface area contributed by atoms with Gasteiger partial charge in [-0.2, -0.15) is 14.0 Å². The van der Waals surface area contributed by atoms with Gasteiger partial charge in [0.2, 0.25) is 0 Å². The second kappa shape index (κ2) is 7.37. The van der Waals surface area contributed by atoms with Gasteiger partial charge in [0.05, 0.1) is 20.1 Å². The monoisotopic (exact) mass is 301 g/mol. The zero-order chi connectivity index (χ0) is 15.2. The quantitative estimate of drug-likeness (QED) is 0.351. The molecule has 0 N–H and O–H groups in total. The highest BCUT2D eigenvalue weighted by Crippen LogP contribution is 2.12. The Morgan fingerprint density at radius 1 is 1.25 bits per heavy atom. The Kier molecular flexibility index (Phi) is 6.12. The summed E-state index contributed by atoms with van der Waals surface area (Å²) in [6.45, 7) is -0.342. The van der Waals surface area contributed by atoms with Crippen LogP contribution in [0.2, 0.25) is 0 Å². The van der Waals surface area contributed by atoms with E-state index in [9.17, 15) is 14.0 Å². The van der Waals surface area contributed by atoms with Gasteiger partial charge in [0, 0.05) is 13.2 Å². The first kappa shape index (κ1) is 16.6. The van der Waals surface area contributed by atoms with Crippen LogP contribution in [0.15, 0.2) is 36.5 Å². The number of hydrogen-bond acceptors (Lipinski definition) is 5. The molecule has 0 heterocycles. The lowest BCUT2D eigenvalue weighted by molar-refractivity contribution is -1.92.